The molecule has 2 aromatic rings. The highest BCUT2D eigenvalue weighted by atomic mass is 16.6. The van der Waals surface area contributed by atoms with Gasteiger partial charge in [0.15, 0.2) is 5.75 Å². The van der Waals surface area contributed by atoms with Crippen LogP contribution in [0.1, 0.15) is 16.7 Å². The van der Waals surface area contributed by atoms with E-state index in [0.717, 1.165) is 5.56 Å². The largest absolute Gasteiger partial charge is 0.496 e. The standard InChI is InChI=1S/C19H15N3O4/c1-13-3-5-17(22(23)24)19(7-13)26-12-16-9-14(4-6-18(16)25-2)8-15(10-20)11-21/h3-9H,12H2,1-2H3. The molecule has 7 nitrogen and oxygen atoms in total. The predicted octanol–water partition coefficient (Wildman–Crippen LogP) is 3.92. The summed E-state index contributed by atoms with van der Waals surface area (Å²) in [5.41, 5.74) is 1.94. The highest BCUT2D eigenvalue weighted by Crippen LogP contribution is 2.30. The molecule has 7 heteroatoms. The number of nitro groups is 1. The van der Waals surface area contributed by atoms with E-state index in [-0.39, 0.29) is 23.6 Å². The molecule has 0 aromatic heterocycles. The van der Waals surface area contributed by atoms with Crippen molar-refractivity contribution in [1.29, 1.82) is 10.5 Å². The lowest BCUT2D eigenvalue weighted by Crippen LogP contribution is -2.02. The third-order valence-electron chi connectivity index (χ3n) is 3.55. The Balaban J connectivity index is 2.34. The molecule has 0 amide bonds. The molecular weight excluding hydrogens is 334 g/mol. The summed E-state index contributed by atoms with van der Waals surface area (Å²) in [5.74, 6) is 0.695. The van der Waals surface area contributed by atoms with Crippen molar-refractivity contribution in [3.63, 3.8) is 0 Å². The first-order chi connectivity index (χ1) is 12.5. The van der Waals surface area contributed by atoms with Crippen molar-refractivity contribution in [2.75, 3.05) is 7.11 Å². The normalized spacial score (nSPS) is 9.54. The van der Waals surface area contributed by atoms with E-state index in [9.17, 15) is 10.1 Å². The lowest BCUT2D eigenvalue weighted by Gasteiger charge is -2.12. The minimum absolute atomic E-state index is 0.0312. The van der Waals surface area contributed by atoms with Gasteiger partial charge in [0.25, 0.3) is 0 Å². The van der Waals surface area contributed by atoms with Gasteiger partial charge in [-0.3, -0.25) is 10.1 Å². The number of allylic oxidation sites excluding steroid dienone is 1. The Morgan fingerprint density at radius 1 is 1.19 bits per heavy atom. The molecule has 0 spiro atoms. The Kier molecular flexibility index (Phi) is 5.92. The second-order valence-electron chi connectivity index (χ2n) is 5.37. The second-order valence-corrected chi connectivity index (χ2v) is 5.37. The molecule has 0 aliphatic heterocycles. The van der Waals surface area contributed by atoms with Gasteiger partial charge in [-0.05, 0) is 42.3 Å². The number of nitriles is 2. The van der Waals surface area contributed by atoms with Crippen LogP contribution in [0.3, 0.4) is 0 Å². The highest BCUT2D eigenvalue weighted by molar-refractivity contribution is 5.63. The summed E-state index contributed by atoms with van der Waals surface area (Å²) in [6.45, 7) is 1.84. The third-order valence-corrected chi connectivity index (χ3v) is 3.55. The molecule has 0 bridgehead atoms. The summed E-state index contributed by atoms with van der Waals surface area (Å²) in [6.07, 6.45) is 1.44. The van der Waals surface area contributed by atoms with Gasteiger partial charge in [0.05, 0.1) is 12.0 Å². The smallest absolute Gasteiger partial charge is 0.310 e. The molecule has 26 heavy (non-hydrogen) atoms. The van der Waals surface area contributed by atoms with E-state index in [0.29, 0.717) is 16.9 Å². The van der Waals surface area contributed by atoms with Crippen molar-refractivity contribution in [2.45, 2.75) is 13.5 Å². The fraction of sp³-hybridized carbons (Fsp3) is 0.158. The maximum Gasteiger partial charge on any atom is 0.310 e. The summed E-state index contributed by atoms with van der Waals surface area (Å²) in [5, 5.41) is 28.9. The van der Waals surface area contributed by atoms with E-state index in [2.05, 4.69) is 0 Å². The van der Waals surface area contributed by atoms with E-state index in [4.69, 9.17) is 20.0 Å². The van der Waals surface area contributed by atoms with E-state index in [1.54, 1.807) is 42.5 Å². The summed E-state index contributed by atoms with van der Waals surface area (Å²) >= 11 is 0. The number of hydrogen-bond acceptors (Lipinski definition) is 6. The van der Waals surface area contributed by atoms with E-state index < -0.39 is 4.92 Å². The summed E-state index contributed by atoms with van der Waals surface area (Å²) < 4.78 is 10.9. The van der Waals surface area contributed by atoms with E-state index >= 15 is 0 Å². The molecule has 0 N–H and O–H groups in total. The Bertz CT molecular complexity index is 936. The van der Waals surface area contributed by atoms with Gasteiger partial charge in [-0.15, -0.1) is 0 Å². The first-order valence-electron chi connectivity index (χ1n) is 7.55. The molecule has 130 valence electrons. The summed E-state index contributed by atoms with van der Waals surface area (Å²) in [6, 6.07) is 13.3. The zero-order valence-electron chi connectivity index (χ0n) is 14.2. The topological polar surface area (TPSA) is 109 Å². The Morgan fingerprint density at radius 3 is 2.54 bits per heavy atom. The van der Waals surface area contributed by atoms with Crippen molar-refractivity contribution in [1.82, 2.24) is 0 Å². The zero-order valence-corrected chi connectivity index (χ0v) is 14.2. The molecule has 0 heterocycles. The Morgan fingerprint density at radius 2 is 1.92 bits per heavy atom. The van der Waals surface area contributed by atoms with Crippen molar-refractivity contribution in [3.8, 4) is 23.6 Å². The van der Waals surface area contributed by atoms with Crippen LogP contribution in [-0.2, 0) is 6.61 Å². The molecule has 0 radical (unpaired) electrons. The van der Waals surface area contributed by atoms with Crippen LogP contribution in [0.2, 0.25) is 0 Å². The third kappa shape index (κ3) is 4.37. The molecule has 0 aliphatic rings. The van der Waals surface area contributed by atoms with Crippen LogP contribution in [0, 0.1) is 39.7 Å². The van der Waals surface area contributed by atoms with Crippen LogP contribution < -0.4 is 9.47 Å². The monoisotopic (exact) mass is 349 g/mol. The molecule has 0 saturated carbocycles. The van der Waals surface area contributed by atoms with Crippen LogP contribution in [0.4, 0.5) is 5.69 Å². The first kappa shape index (κ1) is 18.5. The van der Waals surface area contributed by atoms with Crippen LogP contribution in [0.25, 0.3) is 6.08 Å². The minimum atomic E-state index is -0.503. The molecule has 0 aliphatic carbocycles. The molecule has 2 aromatic carbocycles. The maximum absolute atomic E-state index is 11.1. The fourth-order valence-electron chi connectivity index (χ4n) is 2.30. The number of nitrogens with zero attached hydrogens (tertiary/aromatic N) is 3. The SMILES string of the molecule is COc1ccc(C=C(C#N)C#N)cc1COc1cc(C)ccc1[N+](=O)[O-]. The number of benzene rings is 2. The van der Waals surface area contributed by atoms with E-state index in [1.165, 1.54) is 19.3 Å². The van der Waals surface area contributed by atoms with Gasteiger partial charge in [0, 0.05) is 11.6 Å². The quantitative estimate of drug-likeness (QED) is 0.444. The minimum Gasteiger partial charge on any atom is -0.496 e. The van der Waals surface area contributed by atoms with Crippen molar-refractivity contribution in [3.05, 3.63) is 68.8 Å². The van der Waals surface area contributed by atoms with Gasteiger partial charge in [0.1, 0.15) is 30.1 Å². The molecular formula is C19H15N3O4. The number of rotatable bonds is 6. The van der Waals surface area contributed by atoms with Crippen LogP contribution in [-0.4, -0.2) is 12.0 Å². The van der Waals surface area contributed by atoms with Crippen molar-refractivity contribution < 1.29 is 14.4 Å². The summed E-state index contributed by atoms with van der Waals surface area (Å²) in [4.78, 5) is 10.6. The highest BCUT2D eigenvalue weighted by Gasteiger charge is 2.16. The predicted molar refractivity (Wildman–Crippen MR) is 94.4 cm³/mol. The number of methoxy groups -OCH3 is 1. The van der Waals surface area contributed by atoms with Gasteiger partial charge in [-0.2, -0.15) is 10.5 Å². The Hall–Kier alpha value is -3.84. The van der Waals surface area contributed by atoms with E-state index in [1.807, 2.05) is 6.92 Å². The molecule has 0 fully saturated rings. The summed E-state index contributed by atoms with van der Waals surface area (Å²) in [7, 11) is 1.50. The zero-order chi connectivity index (χ0) is 19.1. The van der Waals surface area contributed by atoms with Gasteiger partial charge in [-0.1, -0.05) is 12.1 Å². The number of aryl methyl sites for hydroxylation is 1. The van der Waals surface area contributed by atoms with Crippen LogP contribution >= 0.6 is 0 Å². The van der Waals surface area contributed by atoms with Gasteiger partial charge in [0.2, 0.25) is 0 Å². The fourth-order valence-corrected chi connectivity index (χ4v) is 2.30. The maximum atomic E-state index is 11.1. The van der Waals surface area contributed by atoms with Gasteiger partial charge < -0.3 is 9.47 Å². The average molecular weight is 349 g/mol. The molecule has 0 unspecified atom stereocenters. The molecule has 2 rings (SSSR count). The van der Waals surface area contributed by atoms with Crippen LogP contribution in [0.5, 0.6) is 11.5 Å². The lowest BCUT2D eigenvalue weighted by atomic mass is 10.1. The molecule has 0 atom stereocenters. The Labute approximate surface area is 150 Å². The van der Waals surface area contributed by atoms with Crippen molar-refractivity contribution >= 4 is 11.8 Å². The van der Waals surface area contributed by atoms with Crippen molar-refractivity contribution in [2.24, 2.45) is 0 Å². The van der Waals surface area contributed by atoms with Crippen LogP contribution in [0.15, 0.2) is 42.0 Å². The van der Waals surface area contributed by atoms with Gasteiger partial charge in [-0.25, -0.2) is 0 Å². The first-order valence-corrected chi connectivity index (χ1v) is 7.55. The number of ether oxygens (including phenoxy) is 2. The lowest BCUT2D eigenvalue weighted by molar-refractivity contribution is -0.386. The van der Waals surface area contributed by atoms with Gasteiger partial charge >= 0.3 is 5.69 Å². The molecule has 0 saturated heterocycles. The number of hydrogen-bond donors (Lipinski definition) is 0. The average Bonchev–Trinajstić information content (AvgIpc) is 2.64. The second kappa shape index (κ2) is 8.32. The number of nitro benzene ring substituents is 1.